The molecule has 1 rings (SSSR count). The molecule has 0 amide bonds. The third-order valence-electron chi connectivity index (χ3n) is 3.35. The number of nitrogens with one attached hydrogen (secondary N) is 1. The zero-order chi connectivity index (χ0) is 13.7. The van der Waals surface area contributed by atoms with Gasteiger partial charge in [-0.15, -0.1) is 0 Å². The van der Waals surface area contributed by atoms with Crippen LogP contribution in [0.5, 0.6) is 0 Å². The summed E-state index contributed by atoms with van der Waals surface area (Å²) >= 11 is 3.65. The highest BCUT2D eigenvalue weighted by molar-refractivity contribution is 9.10. The Hall–Kier alpha value is -0.580. The first-order valence-electron chi connectivity index (χ1n) is 6.19. The normalized spacial score (nSPS) is 14.3. The van der Waals surface area contributed by atoms with Gasteiger partial charge in [0, 0.05) is 30.7 Å². The van der Waals surface area contributed by atoms with Gasteiger partial charge in [-0.25, -0.2) is 0 Å². The van der Waals surface area contributed by atoms with E-state index in [2.05, 4.69) is 65.2 Å². The lowest BCUT2D eigenvalue weighted by Gasteiger charge is -2.28. The van der Waals surface area contributed by atoms with Crippen molar-refractivity contribution >= 4 is 21.6 Å². The topological polar surface area (TPSA) is 24.5 Å². The summed E-state index contributed by atoms with van der Waals surface area (Å²) in [6.07, 6.45) is 0. The maximum absolute atomic E-state index is 5.20. The van der Waals surface area contributed by atoms with Gasteiger partial charge in [-0.1, -0.05) is 6.07 Å². The van der Waals surface area contributed by atoms with Crippen molar-refractivity contribution in [3.05, 3.63) is 28.2 Å². The van der Waals surface area contributed by atoms with Gasteiger partial charge in [-0.3, -0.25) is 0 Å². The predicted molar refractivity (Wildman–Crippen MR) is 81.4 cm³/mol. The second-order valence-electron chi connectivity index (χ2n) is 4.64. The first-order valence-corrected chi connectivity index (χ1v) is 6.99. The van der Waals surface area contributed by atoms with E-state index in [1.165, 1.54) is 11.3 Å². The second kappa shape index (κ2) is 7.12. The number of benzene rings is 1. The molecule has 2 unspecified atom stereocenters. The first-order chi connectivity index (χ1) is 8.51. The Morgan fingerprint density at radius 3 is 2.56 bits per heavy atom. The van der Waals surface area contributed by atoms with Gasteiger partial charge in [-0.2, -0.15) is 0 Å². The molecule has 0 bridgehead atoms. The van der Waals surface area contributed by atoms with E-state index in [1.54, 1.807) is 7.11 Å². The van der Waals surface area contributed by atoms with Crippen LogP contribution in [0.2, 0.25) is 0 Å². The second-order valence-corrected chi connectivity index (χ2v) is 5.49. The summed E-state index contributed by atoms with van der Waals surface area (Å²) in [5.41, 5.74) is 2.47. The minimum atomic E-state index is 0.346. The van der Waals surface area contributed by atoms with Crippen molar-refractivity contribution in [2.24, 2.45) is 0 Å². The van der Waals surface area contributed by atoms with Gasteiger partial charge in [0.15, 0.2) is 0 Å². The molecule has 0 radical (unpaired) electrons. The first kappa shape index (κ1) is 15.5. The van der Waals surface area contributed by atoms with E-state index in [0.29, 0.717) is 12.1 Å². The third-order valence-corrected chi connectivity index (χ3v) is 3.99. The molecule has 1 N–H and O–H groups in total. The van der Waals surface area contributed by atoms with E-state index < -0.39 is 0 Å². The summed E-state index contributed by atoms with van der Waals surface area (Å²) < 4.78 is 6.32. The van der Waals surface area contributed by atoms with Crippen LogP contribution < -0.4 is 10.2 Å². The van der Waals surface area contributed by atoms with Crippen LogP contribution in [0.15, 0.2) is 22.7 Å². The minimum Gasteiger partial charge on any atom is -0.383 e. The molecule has 3 nitrogen and oxygen atoms in total. The number of ether oxygens (including phenoxy) is 1. The molecule has 0 saturated heterocycles. The summed E-state index contributed by atoms with van der Waals surface area (Å²) in [6, 6.07) is 7.19. The average molecular weight is 315 g/mol. The van der Waals surface area contributed by atoms with Crippen LogP contribution in [-0.4, -0.2) is 33.9 Å². The average Bonchev–Trinajstić information content (AvgIpc) is 2.37. The molecule has 0 saturated carbocycles. The molecule has 0 aliphatic carbocycles. The number of hydrogen-bond acceptors (Lipinski definition) is 3. The third kappa shape index (κ3) is 3.70. The monoisotopic (exact) mass is 314 g/mol. The quantitative estimate of drug-likeness (QED) is 0.872. The number of nitrogens with zero attached hydrogens (tertiary/aromatic N) is 1. The molecule has 18 heavy (non-hydrogen) atoms. The van der Waals surface area contributed by atoms with Gasteiger partial charge < -0.3 is 15.0 Å². The smallest absolute Gasteiger partial charge is 0.0663 e. The van der Waals surface area contributed by atoms with Crippen LogP contribution in [0.25, 0.3) is 0 Å². The van der Waals surface area contributed by atoms with Crippen molar-refractivity contribution in [3.63, 3.8) is 0 Å². The lowest BCUT2D eigenvalue weighted by molar-refractivity contribution is 0.183. The van der Waals surface area contributed by atoms with E-state index in [9.17, 15) is 0 Å². The molecule has 4 heteroatoms. The summed E-state index contributed by atoms with van der Waals surface area (Å²) in [6.45, 7) is 5.02. The Kier molecular flexibility index (Phi) is 6.12. The Morgan fingerprint density at radius 2 is 2.06 bits per heavy atom. The van der Waals surface area contributed by atoms with Gasteiger partial charge in [-0.05, 0) is 54.5 Å². The summed E-state index contributed by atoms with van der Waals surface area (Å²) in [4.78, 5) is 2.22. The molecule has 0 aromatic heterocycles. The molecular formula is C14H23BrN2O. The maximum Gasteiger partial charge on any atom is 0.0663 e. The highest BCUT2D eigenvalue weighted by Gasteiger charge is 2.14. The fourth-order valence-corrected chi connectivity index (χ4v) is 2.51. The Bertz CT molecular complexity index is 384. The number of anilines is 1. The molecule has 0 fully saturated rings. The Balaban J connectivity index is 2.91. The standard InChI is InChI=1S/C14H23BrN2O/c1-10(9-18-5)17(4)14-7-6-12(8-13(14)15)11(2)16-3/h6-8,10-11,16H,9H2,1-5H3. The molecule has 102 valence electrons. The van der Waals surface area contributed by atoms with Crippen molar-refractivity contribution in [1.82, 2.24) is 5.32 Å². The van der Waals surface area contributed by atoms with E-state index in [-0.39, 0.29) is 0 Å². The van der Waals surface area contributed by atoms with E-state index in [1.807, 2.05) is 7.05 Å². The van der Waals surface area contributed by atoms with Crippen molar-refractivity contribution in [1.29, 1.82) is 0 Å². The van der Waals surface area contributed by atoms with Crippen molar-refractivity contribution in [2.75, 3.05) is 32.7 Å². The number of halogens is 1. The number of methoxy groups -OCH3 is 1. The fourth-order valence-electron chi connectivity index (χ4n) is 1.84. The number of likely N-dealkylation sites (N-methyl/N-ethyl adjacent to an activating group) is 1. The number of rotatable bonds is 6. The Labute approximate surface area is 119 Å². The molecule has 1 aromatic carbocycles. The molecule has 2 atom stereocenters. The zero-order valence-electron chi connectivity index (χ0n) is 11.8. The van der Waals surface area contributed by atoms with Gasteiger partial charge >= 0.3 is 0 Å². The SMILES string of the molecule is CNC(C)c1ccc(N(C)C(C)COC)c(Br)c1. The Morgan fingerprint density at radius 1 is 1.39 bits per heavy atom. The van der Waals surface area contributed by atoms with Crippen LogP contribution in [-0.2, 0) is 4.74 Å². The minimum absolute atomic E-state index is 0.346. The van der Waals surface area contributed by atoms with Crippen molar-refractivity contribution in [2.45, 2.75) is 25.9 Å². The summed E-state index contributed by atoms with van der Waals surface area (Å²) in [5, 5.41) is 3.25. The zero-order valence-corrected chi connectivity index (χ0v) is 13.4. The lowest BCUT2D eigenvalue weighted by Crippen LogP contribution is -2.32. The summed E-state index contributed by atoms with van der Waals surface area (Å²) in [7, 11) is 5.79. The molecule has 0 aliphatic rings. The van der Waals surface area contributed by atoms with Crippen LogP contribution >= 0.6 is 15.9 Å². The molecule has 0 aliphatic heterocycles. The number of hydrogen-bond donors (Lipinski definition) is 1. The van der Waals surface area contributed by atoms with Crippen molar-refractivity contribution in [3.8, 4) is 0 Å². The fraction of sp³-hybridized carbons (Fsp3) is 0.571. The van der Waals surface area contributed by atoms with Crippen LogP contribution in [0.1, 0.15) is 25.5 Å². The van der Waals surface area contributed by atoms with E-state index in [0.717, 1.165) is 11.1 Å². The van der Waals surface area contributed by atoms with Crippen LogP contribution in [0.3, 0.4) is 0 Å². The van der Waals surface area contributed by atoms with Gasteiger partial charge in [0.2, 0.25) is 0 Å². The maximum atomic E-state index is 5.20. The largest absolute Gasteiger partial charge is 0.383 e. The highest BCUT2D eigenvalue weighted by Crippen LogP contribution is 2.29. The molecule has 0 heterocycles. The van der Waals surface area contributed by atoms with E-state index in [4.69, 9.17) is 4.74 Å². The highest BCUT2D eigenvalue weighted by atomic mass is 79.9. The van der Waals surface area contributed by atoms with Crippen LogP contribution in [0, 0.1) is 0 Å². The molecule has 1 aromatic rings. The lowest BCUT2D eigenvalue weighted by atomic mass is 10.1. The van der Waals surface area contributed by atoms with Crippen LogP contribution in [0.4, 0.5) is 5.69 Å². The predicted octanol–water partition coefficient (Wildman–Crippen LogP) is 3.20. The van der Waals surface area contributed by atoms with Crippen molar-refractivity contribution < 1.29 is 4.74 Å². The molecule has 0 spiro atoms. The van der Waals surface area contributed by atoms with E-state index >= 15 is 0 Å². The van der Waals surface area contributed by atoms with Gasteiger partial charge in [0.1, 0.15) is 0 Å². The van der Waals surface area contributed by atoms with Gasteiger partial charge in [0.05, 0.1) is 12.3 Å². The summed E-state index contributed by atoms with van der Waals surface area (Å²) in [5.74, 6) is 0. The molecular weight excluding hydrogens is 292 g/mol. The van der Waals surface area contributed by atoms with Gasteiger partial charge in [0.25, 0.3) is 0 Å².